The number of pyridine rings is 1. The highest BCUT2D eigenvalue weighted by atomic mass is 19.1. The van der Waals surface area contributed by atoms with E-state index < -0.39 is 5.82 Å². The second-order valence-corrected chi connectivity index (χ2v) is 8.28. The fraction of sp³-hybridized carbons (Fsp3) is 0.304. The summed E-state index contributed by atoms with van der Waals surface area (Å²) in [6, 6.07) is 8.18. The summed E-state index contributed by atoms with van der Waals surface area (Å²) in [7, 11) is 1.72. The Bertz CT molecular complexity index is 1310. The zero-order valence-electron chi connectivity index (χ0n) is 18.9. The number of tetrazole rings is 1. The minimum absolute atomic E-state index is 0.0687. The molecule has 1 unspecified atom stereocenters. The van der Waals surface area contributed by atoms with Crippen LogP contribution in [0.15, 0.2) is 42.7 Å². The number of piperidine rings is 1. The molecule has 1 aliphatic heterocycles. The van der Waals surface area contributed by atoms with Crippen molar-refractivity contribution in [2.45, 2.75) is 25.8 Å². The van der Waals surface area contributed by atoms with Crippen molar-refractivity contribution in [2.75, 3.05) is 18.0 Å². The van der Waals surface area contributed by atoms with Crippen molar-refractivity contribution >= 4 is 11.7 Å². The molecule has 0 bridgehead atoms. The third-order valence-electron chi connectivity index (χ3n) is 6.07. The van der Waals surface area contributed by atoms with E-state index in [-0.39, 0.29) is 17.5 Å². The van der Waals surface area contributed by atoms with Crippen LogP contribution in [0.2, 0.25) is 0 Å². The summed E-state index contributed by atoms with van der Waals surface area (Å²) in [6.07, 6.45) is 5.01. The number of carbonyl (C=O) groups excluding carboxylic acids is 1. The fourth-order valence-corrected chi connectivity index (χ4v) is 4.39. The number of hydrogen-bond donors (Lipinski definition) is 2. The molecular weight excluding hydrogens is 437 g/mol. The topological polar surface area (TPSA) is 118 Å². The van der Waals surface area contributed by atoms with Crippen molar-refractivity contribution in [1.82, 2.24) is 40.7 Å². The lowest BCUT2D eigenvalue weighted by Crippen LogP contribution is -2.49. The Kier molecular flexibility index (Phi) is 5.84. The highest BCUT2D eigenvalue weighted by molar-refractivity contribution is 6.06. The molecule has 4 aromatic rings. The van der Waals surface area contributed by atoms with Crippen LogP contribution in [0.3, 0.4) is 0 Å². The zero-order valence-corrected chi connectivity index (χ0v) is 18.9. The maximum atomic E-state index is 15.4. The van der Waals surface area contributed by atoms with Gasteiger partial charge in [0.15, 0.2) is 0 Å². The molecule has 174 valence electrons. The molecule has 1 saturated heterocycles. The SMILES string of the molecule is Cc1cccnc1N(C(=O)c1ccc(-c2cnn(C)c2-c2nn[nH]n2)c(F)c1)C1CCCNC1. The number of nitrogens with zero attached hydrogens (tertiary/aromatic N) is 7. The number of aryl methyl sites for hydroxylation is 2. The van der Waals surface area contributed by atoms with Crippen molar-refractivity contribution < 1.29 is 9.18 Å². The van der Waals surface area contributed by atoms with E-state index in [4.69, 9.17) is 0 Å². The average molecular weight is 462 g/mol. The predicted octanol–water partition coefficient (Wildman–Crippen LogP) is 2.51. The van der Waals surface area contributed by atoms with E-state index in [9.17, 15) is 4.79 Å². The molecule has 5 rings (SSSR count). The minimum Gasteiger partial charge on any atom is -0.315 e. The lowest BCUT2D eigenvalue weighted by atomic mass is 10.0. The quantitative estimate of drug-likeness (QED) is 0.469. The maximum Gasteiger partial charge on any atom is 0.259 e. The molecule has 0 radical (unpaired) electrons. The largest absolute Gasteiger partial charge is 0.315 e. The van der Waals surface area contributed by atoms with Crippen molar-refractivity contribution in [3.8, 4) is 22.6 Å². The van der Waals surface area contributed by atoms with Crippen molar-refractivity contribution in [3.05, 3.63) is 59.7 Å². The third-order valence-corrected chi connectivity index (χ3v) is 6.07. The van der Waals surface area contributed by atoms with Crippen LogP contribution >= 0.6 is 0 Å². The monoisotopic (exact) mass is 461 g/mol. The summed E-state index contributed by atoms with van der Waals surface area (Å²) < 4.78 is 17.0. The Morgan fingerprint density at radius 3 is 2.85 bits per heavy atom. The van der Waals surface area contributed by atoms with Crippen molar-refractivity contribution in [1.29, 1.82) is 0 Å². The van der Waals surface area contributed by atoms with Gasteiger partial charge in [-0.2, -0.15) is 10.3 Å². The summed E-state index contributed by atoms with van der Waals surface area (Å²) in [5, 5.41) is 21.5. The van der Waals surface area contributed by atoms with Crippen LogP contribution < -0.4 is 10.2 Å². The van der Waals surface area contributed by atoms with Gasteiger partial charge < -0.3 is 5.32 Å². The predicted molar refractivity (Wildman–Crippen MR) is 123 cm³/mol. The van der Waals surface area contributed by atoms with Gasteiger partial charge in [0.25, 0.3) is 5.91 Å². The van der Waals surface area contributed by atoms with E-state index in [2.05, 4.69) is 36.0 Å². The number of rotatable bonds is 5. The van der Waals surface area contributed by atoms with E-state index in [1.54, 1.807) is 41.2 Å². The molecule has 10 nitrogen and oxygen atoms in total. The first kappa shape index (κ1) is 21.8. The molecule has 34 heavy (non-hydrogen) atoms. The van der Waals surface area contributed by atoms with Gasteiger partial charge in [-0.05, 0) is 55.3 Å². The van der Waals surface area contributed by atoms with E-state index in [1.165, 1.54) is 6.07 Å². The maximum absolute atomic E-state index is 15.4. The van der Waals surface area contributed by atoms with Gasteiger partial charge in [0.05, 0.1) is 12.2 Å². The molecular formula is C23H24FN9O. The van der Waals surface area contributed by atoms with Crippen molar-refractivity contribution in [2.24, 2.45) is 7.05 Å². The Morgan fingerprint density at radius 1 is 1.26 bits per heavy atom. The Balaban J connectivity index is 1.52. The van der Waals surface area contributed by atoms with Gasteiger partial charge in [0.1, 0.15) is 17.3 Å². The standard InChI is InChI=1S/C23H24FN9O/c1-14-5-3-10-26-22(14)33(16-6-4-9-25-12-16)23(34)15-7-8-17(19(24)11-15)18-13-27-32(2)20(18)21-28-30-31-29-21/h3,5,7-8,10-11,13,16,25H,4,6,9,12H2,1-2H3,(H,28,29,30,31). The molecule has 0 saturated carbocycles. The molecule has 11 heteroatoms. The number of anilines is 1. The van der Waals surface area contributed by atoms with Crippen LogP contribution in [0.5, 0.6) is 0 Å². The van der Waals surface area contributed by atoms with Crippen LogP contribution in [0.1, 0.15) is 28.8 Å². The lowest BCUT2D eigenvalue weighted by Gasteiger charge is -2.34. The van der Waals surface area contributed by atoms with Crippen LogP contribution in [0, 0.1) is 12.7 Å². The molecule has 0 aliphatic carbocycles. The summed E-state index contributed by atoms with van der Waals surface area (Å²) >= 11 is 0. The summed E-state index contributed by atoms with van der Waals surface area (Å²) in [6.45, 7) is 3.49. The molecule has 3 aromatic heterocycles. The number of nitrogens with one attached hydrogen (secondary N) is 2. The van der Waals surface area contributed by atoms with Crippen LogP contribution in [0.25, 0.3) is 22.6 Å². The molecule has 1 aliphatic rings. The van der Waals surface area contributed by atoms with E-state index in [1.807, 2.05) is 19.1 Å². The minimum atomic E-state index is -0.539. The molecule has 4 heterocycles. The number of benzene rings is 1. The Morgan fingerprint density at radius 2 is 2.15 bits per heavy atom. The first-order chi connectivity index (χ1) is 16.5. The van der Waals surface area contributed by atoms with Gasteiger partial charge in [-0.25, -0.2) is 9.37 Å². The van der Waals surface area contributed by atoms with Gasteiger partial charge in [0.2, 0.25) is 5.82 Å². The molecule has 1 fully saturated rings. The molecule has 2 N–H and O–H groups in total. The first-order valence-corrected chi connectivity index (χ1v) is 11.1. The summed E-state index contributed by atoms with van der Waals surface area (Å²) in [5.74, 6) is 0.0714. The normalized spacial score (nSPS) is 15.9. The van der Waals surface area contributed by atoms with Gasteiger partial charge in [-0.1, -0.05) is 12.1 Å². The van der Waals surface area contributed by atoms with Crippen molar-refractivity contribution in [3.63, 3.8) is 0 Å². The van der Waals surface area contributed by atoms with E-state index in [0.717, 1.165) is 24.9 Å². The number of halogens is 1. The van der Waals surface area contributed by atoms with Gasteiger partial charge >= 0.3 is 0 Å². The molecule has 1 atom stereocenters. The average Bonchev–Trinajstić information content (AvgIpc) is 3.50. The Hall–Kier alpha value is -3.99. The lowest BCUT2D eigenvalue weighted by molar-refractivity contribution is 0.0971. The number of aromatic nitrogens is 7. The number of aromatic amines is 1. The molecule has 0 spiro atoms. The van der Waals surface area contributed by atoms with Crippen LogP contribution in [0.4, 0.5) is 10.2 Å². The third kappa shape index (κ3) is 3.94. The number of amides is 1. The van der Waals surface area contributed by atoms with E-state index in [0.29, 0.717) is 35.0 Å². The molecule has 1 amide bonds. The van der Waals surface area contributed by atoms with Crippen LogP contribution in [-0.4, -0.2) is 60.4 Å². The highest BCUT2D eigenvalue weighted by Gasteiger charge is 2.30. The number of H-pyrrole nitrogens is 1. The van der Waals surface area contributed by atoms with E-state index >= 15 is 4.39 Å². The second-order valence-electron chi connectivity index (χ2n) is 8.28. The Labute approximate surface area is 195 Å². The van der Waals surface area contributed by atoms with Gasteiger partial charge in [0, 0.05) is 36.5 Å². The number of carbonyl (C=O) groups is 1. The summed E-state index contributed by atoms with van der Waals surface area (Å²) in [5.41, 5.74) is 2.46. The highest BCUT2D eigenvalue weighted by Crippen LogP contribution is 2.32. The fourth-order valence-electron chi connectivity index (χ4n) is 4.39. The van der Waals surface area contributed by atoms with Gasteiger partial charge in [-0.3, -0.25) is 14.4 Å². The summed E-state index contributed by atoms with van der Waals surface area (Å²) in [4.78, 5) is 19.9. The smallest absolute Gasteiger partial charge is 0.259 e. The first-order valence-electron chi connectivity index (χ1n) is 11.1. The second kappa shape index (κ2) is 9.10. The number of hydrogen-bond acceptors (Lipinski definition) is 7. The van der Waals surface area contributed by atoms with Crippen LogP contribution in [-0.2, 0) is 7.05 Å². The molecule has 1 aromatic carbocycles. The zero-order chi connectivity index (χ0) is 23.7. The van der Waals surface area contributed by atoms with Gasteiger partial charge in [-0.15, -0.1) is 10.2 Å².